The highest BCUT2D eigenvalue weighted by Crippen LogP contribution is 2.20. The van der Waals surface area contributed by atoms with E-state index >= 15 is 0 Å². The van der Waals surface area contributed by atoms with Gasteiger partial charge < -0.3 is 14.8 Å². The fraction of sp³-hybridized carbons (Fsp3) is 0.231. The second-order valence-corrected chi connectivity index (χ2v) is 4.03. The standard InChI is InChI=1S/C13H13NO4/c1-8-6-13(17)18-11-7-9(2-3-10(8)11)14-5-4-12(15)16/h2-3,6-7,14H,4-5H2,1H3,(H,15,16). The third-order valence-corrected chi connectivity index (χ3v) is 2.62. The molecule has 0 unspecified atom stereocenters. The van der Waals surface area contributed by atoms with Gasteiger partial charge in [-0.25, -0.2) is 4.79 Å². The Kier molecular flexibility index (Phi) is 3.32. The van der Waals surface area contributed by atoms with Crippen LogP contribution < -0.4 is 10.9 Å². The molecule has 1 aromatic heterocycles. The second kappa shape index (κ2) is 4.91. The summed E-state index contributed by atoms with van der Waals surface area (Å²) >= 11 is 0. The van der Waals surface area contributed by atoms with Crippen LogP contribution in [0, 0.1) is 6.92 Å². The summed E-state index contributed by atoms with van der Waals surface area (Å²) in [5.41, 5.74) is 1.71. The van der Waals surface area contributed by atoms with Crippen LogP contribution in [0.4, 0.5) is 5.69 Å². The molecule has 0 spiro atoms. The molecule has 0 aliphatic carbocycles. The number of fused-ring (bicyclic) bond motifs is 1. The van der Waals surface area contributed by atoms with Gasteiger partial charge in [-0.2, -0.15) is 0 Å². The fourth-order valence-electron chi connectivity index (χ4n) is 1.75. The number of rotatable bonds is 4. The predicted molar refractivity (Wildman–Crippen MR) is 68.0 cm³/mol. The van der Waals surface area contributed by atoms with Gasteiger partial charge in [0.25, 0.3) is 0 Å². The van der Waals surface area contributed by atoms with E-state index in [4.69, 9.17) is 9.52 Å². The van der Waals surface area contributed by atoms with Gasteiger partial charge >= 0.3 is 11.6 Å². The van der Waals surface area contributed by atoms with Gasteiger partial charge in [0.05, 0.1) is 6.42 Å². The molecule has 0 aliphatic heterocycles. The smallest absolute Gasteiger partial charge is 0.336 e. The molecular formula is C13H13NO4. The fourth-order valence-corrected chi connectivity index (χ4v) is 1.75. The molecule has 0 amide bonds. The molecular weight excluding hydrogens is 234 g/mol. The summed E-state index contributed by atoms with van der Waals surface area (Å²) in [5, 5.41) is 12.4. The minimum atomic E-state index is -0.856. The van der Waals surface area contributed by atoms with Gasteiger partial charge in [-0.05, 0) is 24.6 Å². The first-order valence-electron chi connectivity index (χ1n) is 5.56. The lowest BCUT2D eigenvalue weighted by atomic mass is 10.1. The Morgan fingerprint density at radius 1 is 1.39 bits per heavy atom. The van der Waals surface area contributed by atoms with Crippen molar-refractivity contribution in [3.63, 3.8) is 0 Å². The van der Waals surface area contributed by atoms with Crippen LogP contribution in [0.2, 0.25) is 0 Å². The summed E-state index contributed by atoms with van der Waals surface area (Å²) in [5.74, 6) is -0.856. The second-order valence-electron chi connectivity index (χ2n) is 4.03. The van der Waals surface area contributed by atoms with Crippen LogP contribution in [0.1, 0.15) is 12.0 Å². The van der Waals surface area contributed by atoms with Gasteiger partial charge in [0.1, 0.15) is 5.58 Å². The lowest BCUT2D eigenvalue weighted by Gasteiger charge is -2.06. The van der Waals surface area contributed by atoms with Crippen molar-refractivity contribution in [2.24, 2.45) is 0 Å². The minimum Gasteiger partial charge on any atom is -0.481 e. The molecule has 94 valence electrons. The number of aryl methyl sites for hydroxylation is 1. The van der Waals surface area contributed by atoms with E-state index < -0.39 is 5.97 Å². The Bertz CT molecular complexity index is 645. The van der Waals surface area contributed by atoms with Crippen molar-refractivity contribution in [2.75, 3.05) is 11.9 Å². The summed E-state index contributed by atoms with van der Waals surface area (Å²) in [4.78, 5) is 21.6. The number of carbonyl (C=O) groups is 1. The number of benzene rings is 1. The number of carboxylic acids is 1. The van der Waals surface area contributed by atoms with Crippen LogP contribution in [0.25, 0.3) is 11.0 Å². The van der Waals surface area contributed by atoms with Crippen molar-refractivity contribution >= 4 is 22.6 Å². The largest absolute Gasteiger partial charge is 0.481 e. The van der Waals surface area contributed by atoms with E-state index in [9.17, 15) is 9.59 Å². The number of hydrogen-bond acceptors (Lipinski definition) is 4. The number of anilines is 1. The topological polar surface area (TPSA) is 79.5 Å². The maximum Gasteiger partial charge on any atom is 0.336 e. The van der Waals surface area contributed by atoms with Crippen LogP contribution in [0.3, 0.4) is 0 Å². The SMILES string of the molecule is Cc1cc(=O)oc2cc(NCCC(=O)O)ccc12. The number of carboxylic acid groups (broad SMARTS) is 1. The Labute approximate surface area is 103 Å². The predicted octanol–water partition coefficient (Wildman–Crippen LogP) is 1.99. The van der Waals surface area contributed by atoms with E-state index in [1.807, 2.05) is 19.1 Å². The Morgan fingerprint density at radius 2 is 2.17 bits per heavy atom. The Balaban J connectivity index is 2.27. The first-order chi connectivity index (χ1) is 8.56. The molecule has 0 saturated carbocycles. The van der Waals surface area contributed by atoms with Gasteiger partial charge in [0.15, 0.2) is 0 Å². The molecule has 1 heterocycles. The molecule has 0 bridgehead atoms. The molecule has 0 radical (unpaired) electrons. The first-order valence-corrected chi connectivity index (χ1v) is 5.56. The average Bonchev–Trinajstić information content (AvgIpc) is 2.27. The molecule has 1 aromatic carbocycles. The van der Waals surface area contributed by atoms with Crippen molar-refractivity contribution in [3.8, 4) is 0 Å². The van der Waals surface area contributed by atoms with Crippen LogP contribution in [0.5, 0.6) is 0 Å². The molecule has 18 heavy (non-hydrogen) atoms. The van der Waals surface area contributed by atoms with Crippen molar-refractivity contribution in [1.82, 2.24) is 0 Å². The van der Waals surface area contributed by atoms with Gasteiger partial charge in [-0.15, -0.1) is 0 Å². The molecule has 0 saturated heterocycles. The Hall–Kier alpha value is -2.30. The molecule has 5 heteroatoms. The summed E-state index contributed by atoms with van der Waals surface area (Å²) < 4.78 is 5.10. The minimum absolute atomic E-state index is 0.0375. The van der Waals surface area contributed by atoms with E-state index in [1.54, 1.807) is 6.07 Å². The number of aliphatic carboxylic acids is 1. The molecule has 0 atom stereocenters. The maximum absolute atomic E-state index is 11.3. The quantitative estimate of drug-likeness (QED) is 0.807. The van der Waals surface area contributed by atoms with E-state index in [1.165, 1.54) is 6.07 Å². The van der Waals surface area contributed by atoms with Gasteiger partial charge in [-0.1, -0.05) is 0 Å². The molecule has 2 N–H and O–H groups in total. The van der Waals surface area contributed by atoms with Crippen molar-refractivity contribution in [1.29, 1.82) is 0 Å². The molecule has 2 rings (SSSR count). The zero-order valence-electron chi connectivity index (χ0n) is 9.90. The lowest BCUT2D eigenvalue weighted by Crippen LogP contribution is -2.07. The van der Waals surface area contributed by atoms with E-state index in [2.05, 4.69) is 5.32 Å². The molecule has 2 aromatic rings. The van der Waals surface area contributed by atoms with Crippen LogP contribution in [-0.4, -0.2) is 17.6 Å². The van der Waals surface area contributed by atoms with Gasteiger partial charge in [-0.3, -0.25) is 4.79 Å². The molecule has 5 nitrogen and oxygen atoms in total. The third-order valence-electron chi connectivity index (χ3n) is 2.62. The lowest BCUT2D eigenvalue weighted by molar-refractivity contribution is -0.136. The monoisotopic (exact) mass is 247 g/mol. The van der Waals surface area contributed by atoms with Gasteiger partial charge in [0, 0.05) is 29.8 Å². The first kappa shape index (κ1) is 12.2. The molecule has 0 fully saturated rings. The number of nitrogens with one attached hydrogen (secondary N) is 1. The zero-order chi connectivity index (χ0) is 13.1. The zero-order valence-corrected chi connectivity index (χ0v) is 9.90. The van der Waals surface area contributed by atoms with Crippen molar-refractivity contribution in [3.05, 3.63) is 40.2 Å². The molecule has 0 aliphatic rings. The van der Waals surface area contributed by atoms with E-state index in [0.29, 0.717) is 12.1 Å². The van der Waals surface area contributed by atoms with Crippen molar-refractivity contribution < 1.29 is 14.3 Å². The Morgan fingerprint density at radius 3 is 2.89 bits per heavy atom. The van der Waals surface area contributed by atoms with Gasteiger partial charge in [0.2, 0.25) is 0 Å². The summed E-state index contributed by atoms with van der Waals surface area (Å²) in [6, 6.07) is 6.82. The van der Waals surface area contributed by atoms with Crippen molar-refractivity contribution in [2.45, 2.75) is 13.3 Å². The maximum atomic E-state index is 11.3. The van der Waals surface area contributed by atoms with Crippen LogP contribution in [0.15, 0.2) is 33.5 Å². The highest BCUT2D eigenvalue weighted by atomic mass is 16.4. The summed E-state index contributed by atoms with van der Waals surface area (Å²) in [6.45, 7) is 2.17. The highest BCUT2D eigenvalue weighted by Gasteiger charge is 2.03. The summed E-state index contributed by atoms with van der Waals surface area (Å²) in [6.07, 6.45) is 0.0375. The number of hydrogen-bond donors (Lipinski definition) is 2. The van der Waals surface area contributed by atoms with Crippen LogP contribution >= 0.6 is 0 Å². The normalized spacial score (nSPS) is 10.5. The highest BCUT2D eigenvalue weighted by molar-refractivity contribution is 5.83. The van der Waals surface area contributed by atoms with Crippen LogP contribution in [-0.2, 0) is 4.79 Å². The third kappa shape index (κ3) is 2.68. The van der Waals surface area contributed by atoms with E-state index in [-0.39, 0.29) is 12.0 Å². The van der Waals surface area contributed by atoms with E-state index in [0.717, 1.165) is 16.6 Å². The average molecular weight is 247 g/mol. The summed E-state index contributed by atoms with van der Waals surface area (Å²) in [7, 11) is 0.